The second kappa shape index (κ2) is 9.78. The number of nitrogens with one attached hydrogen (secondary N) is 2. The van der Waals surface area contributed by atoms with Gasteiger partial charge in [0.15, 0.2) is 16.5 Å². The molecular formula is C27H19Cl2N3O3S. The predicted octanol–water partition coefficient (Wildman–Crippen LogP) is 7.81. The molecule has 0 saturated carbocycles. The first-order valence-electron chi connectivity index (χ1n) is 10.9. The van der Waals surface area contributed by atoms with Crippen molar-refractivity contribution in [2.75, 3.05) is 5.32 Å². The lowest BCUT2D eigenvalue weighted by Gasteiger charge is -2.12. The smallest absolute Gasteiger partial charge is 0.293 e. The van der Waals surface area contributed by atoms with Gasteiger partial charge < -0.3 is 14.2 Å². The summed E-state index contributed by atoms with van der Waals surface area (Å²) in [6, 6.07) is 20.0. The van der Waals surface area contributed by atoms with Crippen molar-refractivity contribution < 1.29 is 13.6 Å². The number of oxazole rings is 1. The van der Waals surface area contributed by atoms with Crippen LogP contribution in [0.15, 0.2) is 75.6 Å². The summed E-state index contributed by atoms with van der Waals surface area (Å²) < 4.78 is 11.6. The number of fused-ring (bicyclic) bond motifs is 1. The third-order valence-corrected chi connectivity index (χ3v) is 6.57. The van der Waals surface area contributed by atoms with Gasteiger partial charge in [-0.3, -0.25) is 10.1 Å². The summed E-state index contributed by atoms with van der Waals surface area (Å²) in [4.78, 5) is 17.3. The number of halogens is 2. The molecule has 2 heterocycles. The maximum atomic E-state index is 12.7. The molecule has 3 aromatic carbocycles. The van der Waals surface area contributed by atoms with Crippen molar-refractivity contribution in [3.63, 3.8) is 0 Å². The topological polar surface area (TPSA) is 80.3 Å². The Balaban J connectivity index is 1.31. The third-order valence-electron chi connectivity index (χ3n) is 5.55. The lowest BCUT2D eigenvalue weighted by molar-refractivity contribution is 0.0951. The summed E-state index contributed by atoms with van der Waals surface area (Å²) in [5.41, 5.74) is 5.60. The maximum absolute atomic E-state index is 12.7. The van der Waals surface area contributed by atoms with E-state index in [1.165, 1.54) is 0 Å². The van der Waals surface area contributed by atoms with Crippen LogP contribution < -0.4 is 10.6 Å². The fourth-order valence-electron chi connectivity index (χ4n) is 3.66. The first kappa shape index (κ1) is 24.1. The molecule has 5 aromatic rings. The number of anilines is 1. The molecular weight excluding hydrogens is 517 g/mol. The molecule has 0 atom stereocenters. The average Bonchev–Trinajstić information content (AvgIpc) is 3.49. The van der Waals surface area contributed by atoms with E-state index in [0.29, 0.717) is 32.9 Å². The van der Waals surface area contributed by atoms with E-state index in [1.54, 1.807) is 30.3 Å². The van der Waals surface area contributed by atoms with Gasteiger partial charge in [0.1, 0.15) is 11.3 Å². The number of benzene rings is 3. The van der Waals surface area contributed by atoms with E-state index >= 15 is 0 Å². The van der Waals surface area contributed by atoms with Gasteiger partial charge in [0, 0.05) is 16.8 Å². The summed E-state index contributed by atoms with van der Waals surface area (Å²) in [6.45, 7) is 3.93. The van der Waals surface area contributed by atoms with E-state index in [1.807, 2.05) is 50.2 Å². The van der Waals surface area contributed by atoms with Gasteiger partial charge in [-0.05, 0) is 85.7 Å². The number of rotatable bonds is 4. The minimum absolute atomic E-state index is 0.0810. The Morgan fingerprint density at radius 2 is 1.81 bits per heavy atom. The van der Waals surface area contributed by atoms with Gasteiger partial charge in [-0.15, -0.1) is 0 Å². The van der Waals surface area contributed by atoms with Gasteiger partial charge in [-0.2, -0.15) is 0 Å². The van der Waals surface area contributed by atoms with Crippen molar-refractivity contribution in [3.05, 3.63) is 93.7 Å². The first-order valence-corrected chi connectivity index (χ1v) is 12.1. The van der Waals surface area contributed by atoms with Gasteiger partial charge in [-0.1, -0.05) is 41.4 Å². The first-order chi connectivity index (χ1) is 17.3. The van der Waals surface area contributed by atoms with E-state index < -0.39 is 5.91 Å². The molecule has 6 nitrogen and oxygen atoms in total. The van der Waals surface area contributed by atoms with Crippen molar-refractivity contribution in [1.82, 2.24) is 10.3 Å². The number of thiocarbonyl (C=S) groups is 1. The Labute approximate surface area is 222 Å². The Hall–Kier alpha value is -3.65. The molecule has 0 fully saturated rings. The highest BCUT2D eigenvalue weighted by molar-refractivity contribution is 7.80. The molecule has 0 radical (unpaired) electrons. The number of furan rings is 1. The number of aromatic nitrogens is 1. The number of nitrogens with zero attached hydrogens (tertiary/aromatic N) is 1. The summed E-state index contributed by atoms with van der Waals surface area (Å²) >= 11 is 17.7. The van der Waals surface area contributed by atoms with E-state index in [9.17, 15) is 4.79 Å². The van der Waals surface area contributed by atoms with E-state index in [2.05, 4.69) is 15.6 Å². The summed E-state index contributed by atoms with van der Waals surface area (Å²) in [7, 11) is 0. The lowest BCUT2D eigenvalue weighted by Crippen LogP contribution is -2.34. The highest BCUT2D eigenvalue weighted by Gasteiger charge is 2.17. The van der Waals surface area contributed by atoms with Crippen LogP contribution in [0.25, 0.3) is 33.9 Å². The van der Waals surface area contributed by atoms with E-state index in [4.69, 9.17) is 44.3 Å². The van der Waals surface area contributed by atoms with Crippen molar-refractivity contribution >= 4 is 63.2 Å². The minimum Gasteiger partial charge on any atom is -0.451 e. The van der Waals surface area contributed by atoms with Crippen LogP contribution in [0.1, 0.15) is 21.7 Å². The summed E-state index contributed by atoms with van der Waals surface area (Å²) in [6.07, 6.45) is 0. The van der Waals surface area contributed by atoms with Gasteiger partial charge in [0.25, 0.3) is 5.91 Å². The standard InChI is InChI=1S/C27H19Cl2N3O3S/c1-14-6-9-19-23(12-14)35-26(30-19)16-8-7-15(2)20(13-16)31-27(36)32-25(33)22-11-10-21(34-22)17-4-3-5-18(28)24(17)29/h3-13H,1-2H3,(H2,31,32,33,36). The molecule has 9 heteroatoms. The monoisotopic (exact) mass is 535 g/mol. The molecule has 5 rings (SSSR count). The molecule has 2 N–H and O–H groups in total. The van der Waals surface area contributed by atoms with Gasteiger partial charge in [0.2, 0.25) is 5.89 Å². The van der Waals surface area contributed by atoms with Crippen LogP contribution in [0, 0.1) is 13.8 Å². The zero-order chi connectivity index (χ0) is 25.4. The zero-order valence-corrected chi connectivity index (χ0v) is 21.5. The van der Waals surface area contributed by atoms with E-state index in [0.717, 1.165) is 27.8 Å². The zero-order valence-electron chi connectivity index (χ0n) is 19.2. The molecule has 0 unspecified atom stereocenters. The Bertz CT molecular complexity index is 1640. The molecule has 1 amide bonds. The molecule has 36 heavy (non-hydrogen) atoms. The number of hydrogen-bond donors (Lipinski definition) is 2. The maximum Gasteiger partial charge on any atom is 0.293 e. The van der Waals surface area contributed by atoms with E-state index in [-0.39, 0.29) is 10.9 Å². The molecule has 0 spiro atoms. The second-order valence-electron chi connectivity index (χ2n) is 8.19. The molecule has 0 aliphatic heterocycles. The Morgan fingerprint density at radius 3 is 2.64 bits per heavy atom. The van der Waals surface area contributed by atoms with Gasteiger partial charge >= 0.3 is 0 Å². The van der Waals surface area contributed by atoms with Gasteiger partial charge in [0.05, 0.1) is 10.0 Å². The van der Waals surface area contributed by atoms with Crippen molar-refractivity contribution in [1.29, 1.82) is 0 Å². The molecule has 180 valence electrons. The fourth-order valence-corrected chi connectivity index (χ4v) is 4.26. The summed E-state index contributed by atoms with van der Waals surface area (Å²) in [5.74, 6) is 0.498. The van der Waals surface area contributed by atoms with Crippen LogP contribution in [0.4, 0.5) is 5.69 Å². The minimum atomic E-state index is -0.500. The average molecular weight is 536 g/mol. The largest absolute Gasteiger partial charge is 0.451 e. The van der Waals surface area contributed by atoms with Crippen LogP contribution in [0.2, 0.25) is 10.0 Å². The predicted molar refractivity (Wildman–Crippen MR) is 147 cm³/mol. The number of amides is 1. The molecule has 0 aliphatic rings. The van der Waals surface area contributed by atoms with Crippen molar-refractivity contribution in [2.24, 2.45) is 0 Å². The fraction of sp³-hybridized carbons (Fsp3) is 0.0741. The highest BCUT2D eigenvalue weighted by Crippen LogP contribution is 2.34. The summed E-state index contributed by atoms with van der Waals surface area (Å²) in [5, 5.41) is 6.57. The van der Waals surface area contributed by atoms with Gasteiger partial charge in [-0.25, -0.2) is 4.98 Å². The second-order valence-corrected chi connectivity index (χ2v) is 9.39. The SMILES string of the molecule is Cc1ccc2nc(-c3ccc(C)c(NC(=S)NC(=O)c4ccc(-c5cccc(Cl)c5Cl)o4)c3)oc2c1. The lowest BCUT2D eigenvalue weighted by atomic mass is 10.1. The molecule has 0 saturated heterocycles. The Kier molecular flexibility index (Phi) is 6.53. The van der Waals surface area contributed by atoms with Crippen LogP contribution >= 0.6 is 35.4 Å². The van der Waals surface area contributed by atoms with Crippen LogP contribution in [-0.2, 0) is 0 Å². The van der Waals surface area contributed by atoms with Crippen molar-refractivity contribution in [3.8, 4) is 22.8 Å². The molecule has 0 aliphatic carbocycles. The van der Waals surface area contributed by atoms with Crippen LogP contribution in [0.3, 0.4) is 0 Å². The number of carbonyl (C=O) groups is 1. The van der Waals surface area contributed by atoms with Crippen molar-refractivity contribution in [2.45, 2.75) is 13.8 Å². The number of aryl methyl sites for hydroxylation is 2. The number of hydrogen-bond acceptors (Lipinski definition) is 5. The quantitative estimate of drug-likeness (QED) is 0.228. The number of carbonyl (C=O) groups excluding carboxylic acids is 1. The Morgan fingerprint density at radius 1 is 0.972 bits per heavy atom. The molecule has 0 bridgehead atoms. The normalized spacial score (nSPS) is 11.0. The van der Waals surface area contributed by atoms with Crippen LogP contribution in [-0.4, -0.2) is 16.0 Å². The highest BCUT2D eigenvalue weighted by atomic mass is 35.5. The molecule has 2 aromatic heterocycles. The van der Waals surface area contributed by atoms with Crippen LogP contribution in [0.5, 0.6) is 0 Å². The third kappa shape index (κ3) is 4.86.